The number of allylic oxidation sites excluding steroid dienone is 1. The molecule has 12 heavy (non-hydrogen) atoms. The monoisotopic (exact) mass is 237 g/mol. The van der Waals surface area contributed by atoms with E-state index in [-0.39, 0.29) is 59.4 Å². The summed E-state index contributed by atoms with van der Waals surface area (Å²) in [6.45, 7) is 3.12. The Morgan fingerprint density at radius 2 is 1.58 bits per heavy atom. The van der Waals surface area contributed by atoms with Crippen LogP contribution in [0.25, 0.3) is 0 Å². The van der Waals surface area contributed by atoms with Gasteiger partial charge in [-0.05, 0) is 0 Å². The van der Waals surface area contributed by atoms with E-state index in [1.807, 2.05) is 0 Å². The van der Waals surface area contributed by atoms with Crippen molar-refractivity contribution >= 4 is 25.2 Å². The summed E-state index contributed by atoms with van der Waals surface area (Å²) < 4.78 is 8.88. The van der Waals surface area contributed by atoms with Crippen LogP contribution in [-0.4, -0.2) is 32.0 Å². The molecule has 5 nitrogen and oxygen atoms in total. The predicted octanol–water partition coefficient (Wildman–Crippen LogP) is -4.30. The Bertz CT molecular complexity index is 165. The summed E-state index contributed by atoms with van der Waals surface area (Å²) in [5.41, 5.74) is 0. The standard InChI is InChI=1S/C3H3N.Al.Li.H3O4P.Ti.4H/c1-2-3-4;;;1-5(2,3)4;;;;;/h2H,1H2;;;(H3,1,2,3,4);;;;;/q;;+1;;;;;;-1. The third kappa shape index (κ3) is 243. The van der Waals surface area contributed by atoms with Crippen molar-refractivity contribution in [2.75, 3.05) is 0 Å². The number of hydrogen-bond acceptors (Lipinski definition) is 2. The zero-order valence-electron chi connectivity index (χ0n) is 6.93. The van der Waals surface area contributed by atoms with Gasteiger partial charge in [-0.15, -0.1) is 0 Å². The molecule has 0 heterocycles. The van der Waals surface area contributed by atoms with E-state index in [0.717, 1.165) is 0 Å². The molecule has 3 N–H and O–H groups in total. The number of phosphoric acid groups is 1. The molecule has 0 rings (SSSR count). The van der Waals surface area contributed by atoms with Crippen molar-refractivity contribution in [1.82, 2.24) is 0 Å². The third-order valence-electron chi connectivity index (χ3n) is 0.0913. The van der Waals surface area contributed by atoms with Crippen molar-refractivity contribution in [3.8, 4) is 6.07 Å². The van der Waals surface area contributed by atoms with Gasteiger partial charge in [0.25, 0.3) is 0 Å². The van der Waals surface area contributed by atoms with Crippen molar-refractivity contribution in [1.29, 1.82) is 5.26 Å². The van der Waals surface area contributed by atoms with E-state index in [0.29, 0.717) is 0 Å². The second-order valence-corrected chi connectivity index (χ2v) is 1.87. The average molecular weight is 237 g/mol. The van der Waals surface area contributed by atoms with Crippen LogP contribution in [0.4, 0.5) is 0 Å². The fourth-order valence-electron chi connectivity index (χ4n) is 0. The summed E-state index contributed by atoms with van der Waals surface area (Å²) in [5, 5.41) is 7.51. The minimum atomic E-state index is -4.64. The predicted molar refractivity (Wildman–Crippen MR) is 41.1 cm³/mol. The van der Waals surface area contributed by atoms with E-state index >= 15 is 0 Å². The minimum Gasteiger partial charge on any atom is -1.00 e. The van der Waals surface area contributed by atoms with Gasteiger partial charge in [-0.3, -0.25) is 0 Å². The Hall–Kier alpha value is 1.18. The van der Waals surface area contributed by atoms with Crippen LogP contribution in [-0.2, 0) is 26.3 Å². The molecule has 0 aromatic heterocycles. The summed E-state index contributed by atoms with van der Waals surface area (Å²) in [4.78, 5) is 21.6. The quantitative estimate of drug-likeness (QED) is 0.225. The van der Waals surface area contributed by atoms with Gasteiger partial charge >= 0.3 is 26.7 Å². The number of nitrogens with zero attached hydrogens (tertiary/aromatic N) is 1. The number of hydrogen-bond donors (Lipinski definition) is 3. The molecule has 0 aliphatic heterocycles. The molecule has 0 aromatic rings. The summed E-state index contributed by atoms with van der Waals surface area (Å²) in [6.07, 6.45) is 1.18. The molecule has 0 fully saturated rings. The molecule has 0 unspecified atom stereocenters. The molecule has 0 aliphatic carbocycles. The first-order valence-corrected chi connectivity index (χ1v) is 3.27. The Kier molecular flexibility index (Phi) is 44.0. The van der Waals surface area contributed by atoms with Gasteiger partial charge in [-0.2, -0.15) is 5.26 Å². The Balaban J connectivity index is -0.0000000146. The first-order chi connectivity index (χ1) is 3.91. The van der Waals surface area contributed by atoms with Crippen LogP contribution < -0.4 is 18.9 Å². The summed E-state index contributed by atoms with van der Waals surface area (Å²) in [5.74, 6) is 0. The molecule has 0 aliphatic rings. The SMILES string of the molecule is C=CC#N.O=P(O)(O)O.[AlH3].[H-].[Li+].[Ti]. The van der Waals surface area contributed by atoms with Gasteiger partial charge in [-0.25, -0.2) is 4.57 Å². The fourth-order valence-corrected chi connectivity index (χ4v) is 0. The van der Waals surface area contributed by atoms with Crippen LogP contribution in [0.1, 0.15) is 1.43 Å². The maximum absolute atomic E-state index is 8.88. The van der Waals surface area contributed by atoms with Gasteiger partial charge in [-0.1, -0.05) is 6.58 Å². The van der Waals surface area contributed by atoms with Gasteiger partial charge in [0.1, 0.15) is 0 Å². The van der Waals surface area contributed by atoms with Crippen LogP contribution in [0.2, 0.25) is 0 Å². The summed E-state index contributed by atoms with van der Waals surface area (Å²) >= 11 is 0. The topological polar surface area (TPSA) is 102 Å². The minimum absolute atomic E-state index is 0. The molecular weight excluding hydrogens is 227 g/mol. The van der Waals surface area contributed by atoms with Crippen molar-refractivity contribution in [2.24, 2.45) is 0 Å². The fraction of sp³-hybridized carbons (Fsp3) is 0. The molecule has 0 atom stereocenters. The van der Waals surface area contributed by atoms with Crippen LogP contribution in [0.5, 0.6) is 0 Å². The van der Waals surface area contributed by atoms with E-state index in [9.17, 15) is 0 Å². The van der Waals surface area contributed by atoms with Gasteiger partial charge < -0.3 is 16.1 Å². The molecule has 0 amide bonds. The molecule has 0 bridgehead atoms. The van der Waals surface area contributed by atoms with Crippen LogP contribution in [0, 0.1) is 11.3 Å². The second kappa shape index (κ2) is 18.1. The Morgan fingerprint density at radius 3 is 1.58 bits per heavy atom. The van der Waals surface area contributed by atoms with Gasteiger partial charge in [0, 0.05) is 27.8 Å². The largest absolute Gasteiger partial charge is 1.00 e. The molecular formula is C3H10AlLiNO4PTi. The maximum atomic E-state index is 8.88. The first kappa shape index (κ1) is 29.2. The molecule has 0 saturated heterocycles. The van der Waals surface area contributed by atoms with Gasteiger partial charge in [0.05, 0.1) is 6.07 Å². The zero-order valence-corrected chi connectivity index (χ0v) is 8.38. The van der Waals surface area contributed by atoms with Crippen molar-refractivity contribution in [3.63, 3.8) is 0 Å². The summed E-state index contributed by atoms with van der Waals surface area (Å²) in [6, 6.07) is 1.69. The molecule has 0 saturated carbocycles. The van der Waals surface area contributed by atoms with E-state index in [4.69, 9.17) is 24.5 Å². The van der Waals surface area contributed by atoms with E-state index in [1.54, 1.807) is 6.07 Å². The number of rotatable bonds is 0. The van der Waals surface area contributed by atoms with E-state index in [2.05, 4.69) is 6.58 Å². The molecule has 0 radical (unpaired) electrons. The van der Waals surface area contributed by atoms with Crippen LogP contribution in [0.15, 0.2) is 12.7 Å². The molecule has 64 valence electrons. The number of nitriles is 1. The zero-order chi connectivity index (χ0) is 7.91. The van der Waals surface area contributed by atoms with Crippen molar-refractivity contribution in [2.45, 2.75) is 0 Å². The van der Waals surface area contributed by atoms with Gasteiger partial charge in [0.2, 0.25) is 0 Å². The van der Waals surface area contributed by atoms with Gasteiger partial charge in [0.15, 0.2) is 17.4 Å². The molecule has 0 spiro atoms. The van der Waals surface area contributed by atoms with E-state index in [1.165, 1.54) is 6.08 Å². The van der Waals surface area contributed by atoms with Crippen molar-refractivity contribution in [3.05, 3.63) is 12.7 Å². The average Bonchev–Trinajstić information content (AvgIpc) is 1.61. The Morgan fingerprint density at radius 1 is 1.50 bits per heavy atom. The summed E-state index contributed by atoms with van der Waals surface area (Å²) in [7, 11) is -4.64. The normalized spacial score (nSPS) is 6.17. The maximum Gasteiger partial charge on any atom is 1.00 e. The first-order valence-electron chi connectivity index (χ1n) is 1.70. The van der Waals surface area contributed by atoms with Crippen molar-refractivity contribution < 1.29 is 61.3 Å². The van der Waals surface area contributed by atoms with Crippen LogP contribution >= 0.6 is 7.82 Å². The van der Waals surface area contributed by atoms with E-state index < -0.39 is 7.82 Å². The molecule has 9 heteroatoms. The third-order valence-corrected chi connectivity index (χ3v) is 0.0913. The smallest absolute Gasteiger partial charge is 1.00 e. The van der Waals surface area contributed by atoms with Crippen LogP contribution in [0.3, 0.4) is 0 Å². The Labute approximate surface area is 110 Å². The molecule has 0 aromatic carbocycles. The second-order valence-electron chi connectivity index (χ2n) is 0.847.